The summed E-state index contributed by atoms with van der Waals surface area (Å²) in [7, 11) is 1.55. The number of hydrogen-bond donors (Lipinski definition) is 0. The zero-order valence-electron chi connectivity index (χ0n) is 11.9. The van der Waals surface area contributed by atoms with Crippen LogP contribution in [-0.2, 0) is 0 Å². The summed E-state index contributed by atoms with van der Waals surface area (Å²) in [6.45, 7) is 0. The Labute approximate surface area is 133 Å². The number of ether oxygens (including phenoxy) is 2. The van der Waals surface area contributed by atoms with Gasteiger partial charge in [-0.2, -0.15) is 4.98 Å². The highest BCUT2D eigenvalue weighted by Gasteiger charge is 2.11. The molecule has 110 valence electrons. The largest absolute Gasteiger partial charge is 0.490 e. The van der Waals surface area contributed by atoms with Crippen LogP contribution in [0.15, 0.2) is 60.8 Å². The van der Waals surface area contributed by atoms with Gasteiger partial charge in [-0.3, -0.25) is 0 Å². The monoisotopic (exact) mass is 312 g/mol. The van der Waals surface area contributed by atoms with Crippen molar-refractivity contribution >= 4 is 11.6 Å². The second-order valence-electron chi connectivity index (χ2n) is 4.49. The van der Waals surface area contributed by atoms with Gasteiger partial charge in [-0.05, 0) is 24.3 Å². The molecule has 1 heterocycles. The van der Waals surface area contributed by atoms with Gasteiger partial charge in [0.1, 0.15) is 5.75 Å². The first kappa shape index (κ1) is 14.4. The Kier molecular flexibility index (Phi) is 4.21. The van der Waals surface area contributed by atoms with Crippen LogP contribution in [0.4, 0.5) is 0 Å². The minimum Gasteiger partial charge on any atom is -0.490 e. The predicted molar refractivity (Wildman–Crippen MR) is 85.5 cm³/mol. The zero-order chi connectivity index (χ0) is 15.4. The highest BCUT2D eigenvalue weighted by molar-refractivity contribution is 6.30. The summed E-state index contributed by atoms with van der Waals surface area (Å²) in [5, 5.41) is 0.645. The summed E-state index contributed by atoms with van der Waals surface area (Å²) >= 11 is 5.87. The van der Waals surface area contributed by atoms with E-state index in [0.717, 1.165) is 5.56 Å². The first-order valence-electron chi connectivity index (χ1n) is 6.66. The van der Waals surface area contributed by atoms with Crippen LogP contribution in [0.1, 0.15) is 0 Å². The summed E-state index contributed by atoms with van der Waals surface area (Å²) in [5.74, 6) is 2.03. The maximum Gasteiger partial charge on any atom is 0.266 e. The molecule has 0 fully saturated rings. The molecule has 0 spiro atoms. The number of methoxy groups -OCH3 is 1. The average Bonchev–Trinajstić information content (AvgIpc) is 2.58. The smallest absolute Gasteiger partial charge is 0.266 e. The second-order valence-corrected chi connectivity index (χ2v) is 4.93. The third-order valence-corrected chi connectivity index (χ3v) is 3.25. The Morgan fingerprint density at radius 1 is 0.955 bits per heavy atom. The van der Waals surface area contributed by atoms with Crippen LogP contribution in [0.2, 0.25) is 5.02 Å². The van der Waals surface area contributed by atoms with E-state index in [-0.39, 0.29) is 0 Å². The van der Waals surface area contributed by atoms with E-state index in [2.05, 4.69) is 9.97 Å². The van der Waals surface area contributed by atoms with Crippen molar-refractivity contribution in [3.63, 3.8) is 0 Å². The van der Waals surface area contributed by atoms with Crippen molar-refractivity contribution < 1.29 is 9.47 Å². The molecular formula is C17H13ClN2O2. The Morgan fingerprint density at radius 3 is 2.36 bits per heavy atom. The van der Waals surface area contributed by atoms with Crippen LogP contribution in [0.25, 0.3) is 11.4 Å². The highest BCUT2D eigenvalue weighted by atomic mass is 35.5. The van der Waals surface area contributed by atoms with E-state index in [9.17, 15) is 0 Å². The van der Waals surface area contributed by atoms with Crippen molar-refractivity contribution in [2.75, 3.05) is 7.11 Å². The van der Waals surface area contributed by atoms with Gasteiger partial charge >= 0.3 is 0 Å². The van der Waals surface area contributed by atoms with E-state index in [4.69, 9.17) is 21.1 Å². The third kappa shape index (κ3) is 3.18. The van der Waals surface area contributed by atoms with Gasteiger partial charge in [0.05, 0.1) is 13.3 Å². The fraction of sp³-hybridized carbons (Fsp3) is 0.0588. The number of halogens is 1. The lowest BCUT2D eigenvalue weighted by Crippen LogP contribution is -1.97. The van der Waals surface area contributed by atoms with Crippen LogP contribution < -0.4 is 9.47 Å². The van der Waals surface area contributed by atoms with Crippen molar-refractivity contribution in [1.82, 2.24) is 9.97 Å². The summed E-state index contributed by atoms with van der Waals surface area (Å²) in [6, 6.07) is 16.7. The van der Waals surface area contributed by atoms with Gasteiger partial charge in [-0.25, -0.2) is 4.98 Å². The van der Waals surface area contributed by atoms with Crippen LogP contribution >= 0.6 is 11.6 Å². The molecule has 4 nitrogen and oxygen atoms in total. The lowest BCUT2D eigenvalue weighted by Gasteiger charge is -2.10. The Bertz CT molecular complexity index is 761. The maximum absolute atomic E-state index is 5.87. The molecular weight excluding hydrogens is 300 g/mol. The number of nitrogens with zero attached hydrogens (tertiary/aromatic N) is 2. The van der Waals surface area contributed by atoms with Crippen LogP contribution in [-0.4, -0.2) is 17.1 Å². The zero-order valence-corrected chi connectivity index (χ0v) is 12.6. The Morgan fingerprint density at radius 2 is 1.68 bits per heavy atom. The van der Waals surface area contributed by atoms with Gasteiger partial charge in [0.15, 0.2) is 11.6 Å². The second kappa shape index (κ2) is 6.45. The van der Waals surface area contributed by atoms with E-state index in [1.807, 2.05) is 30.3 Å². The first-order valence-corrected chi connectivity index (χ1v) is 7.04. The summed E-state index contributed by atoms with van der Waals surface area (Å²) < 4.78 is 11.0. The van der Waals surface area contributed by atoms with Gasteiger partial charge in [-0.1, -0.05) is 41.9 Å². The molecule has 0 atom stereocenters. The highest BCUT2D eigenvalue weighted by Crippen LogP contribution is 2.31. The van der Waals surface area contributed by atoms with E-state index in [0.29, 0.717) is 28.2 Å². The normalized spacial score (nSPS) is 10.3. The predicted octanol–water partition coefficient (Wildman–Crippen LogP) is 4.60. The van der Waals surface area contributed by atoms with E-state index in [1.54, 1.807) is 37.6 Å². The molecule has 22 heavy (non-hydrogen) atoms. The van der Waals surface area contributed by atoms with Crippen molar-refractivity contribution in [3.8, 4) is 28.8 Å². The van der Waals surface area contributed by atoms with E-state index in [1.165, 1.54) is 0 Å². The number of hydrogen-bond acceptors (Lipinski definition) is 4. The number of aromatic nitrogens is 2. The first-order chi connectivity index (χ1) is 10.8. The summed E-state index contributed by atoms with van der Waals surface area (Å²) in [4.78, 5) is 8.74. The molecule has 0 saturated carbocycles. The van der Waals surface area contributed by atoms with Crippen LogP contribution in [0, 0.1) is 0 Å². The van der Waals surface area contributed by atoms with Crippen molar-refractivity contribution in [1.29, 1.82) is 0 Å². The van der Waals surface area contributed by atoms with Gasteiger partial charge in [0, 0.05) is 10.6 Å². The summed E-state index contributed by atoms with van der Waals surface area (Å²) in [5.41, 5.74) is 0.908. The minimum atomic E-state index is 0.360. The SMILES string of the molecule is COc1cnc(-c2ccccc2)nc1Oc1ccc(Cl)cc1. The molecule has 2 aromatic carbocycles. The standard InChI is InChI=1S/C17H13ClN2O2/c1-21-15-11-19-16(12-5-3-2-4-6-12)20-17(15)22-14-9-7-13(18)8-10-14/h2-11H,1H3. The van der Waals surface area contributed by atoms with Gasteiger partial charge < -0.3 is 9.47 Å². The van der Waals surface area contributed by atoms with Crippen LogP contribution in [0.5, 0.6) is 17.4 Å². The molecule has 3 rings (SSSR count). The molecule has 0 unspecified atom stereocenters. The Balaban J connectivity index is 1.96. The maximum atomic E-state index is 5.87. The van der Waals surface area contributed by atoms with Gasteiger partial charge in [-0.15, -0.1) is 0 Å². The van der Waals surface area contributed by atoms with E-state index < -0.39 is 0 Å². The van der Waals surface area contributed by atoms with Gasteiger partial charge in [0.2, 0.25) is 0 Å². The topological polar surface area (TPSA) is 44.2 Å². The Hall–Kier alpha value is -2.59. The average molecular weight is 313 g/mol. The molecule has 0 saturated heterocycles. The van der Waals surface area contributed by atoms with Crippen molar-refractivity contribution in [3.05, 3.63) is 65.8 Å². The fourth-order valence-electron chi connectivity index (χ4n) is 1.91. The molecule has 0 N–H and O–H groups in total. The number of rotatable bonds is 4. The fourth-order valence-corrected chi connectivity index (χ4v) is 2.03. The molecule has 0 bridgehead atoms. The van der Waals surface area contributed by atoms with Crippen molar-refractivity contribution in [2.45, 2.75) is 0 Å². The van der Waals surface area contributed by atoms with Crippen LogP contribution in [0.3, 0.4) is 0 Å². The lowest BCUT2D eigenvalue weighted by molar-refractivity contribution is 0.367. The molecule has 0 aliphatic heterocycles. The molecule has 0 radical (unpaired) electrons. The van der Waals surface area contributed by atoms with E-state index >= 15 is 0 Å². The summed E-state index contributed by atoms with van der Waals surface area (Å²) in [6.07, 6.45) is 1.60. The molecule has 0 amide bonds. The quantitative estimate of drug-likeness (QED) is 0.706. The molecule has 1 aromatic heterocycles. The minimum absolute atomic E-state index is 0.360. The third-order valence-electron chi connectivity index (χ3n) is 3.00. The van der Waals surface area contributed by atoms with Crippen molar-refractivity contribution in [2.24, 2.45) is 0 Å². The number of benzene rings is 2. The molecule has 0 aliphatic carbocycles. The van der Waals surface area contributed by atoms with Gasteiger partial charge in [0.25, 0.3) is 5.88 Å². The molecule has 5 heteroatoms. The molecule has 0 aliphatic rings. The molecule has 3 aromatic rings. The lowest BCUT2D eigenvalue weighted by atomic mass is 10.2.